The number of H-pyrrole nitrogens is 1. The lowest BCUT2D eigenvalue weighted by Gasteiger charge is -2.52. The average Bonchev–Trinajstić information content (AvgIpc) is 3.66. The molecule has 2 fully saturated rings. The molecule has 1 aliphatic carbocycles. The molecular formula is C30H31F3N10O. The third-order valence-electron chi connectivity index (χ3n) is 8.53. The van der Waals surface area contributed by atoms with Crippen LogP contribution in [-0.2, 0) is 18.3 Å². The van der Waals surface area contributed by atoms with E-state index in [2.05, 4.69) is 30.9 Å². The van der Waals surface area contributed by atoms with Crippen molar-refractivity contribution >= 4 is 11.5 Å². The van der Waals surface area contributed by atoms with Gasteiger partial charge in [0.2, 0.25) is 5.82 Å². The smallest absolute Gasteiger partial charge is 0.346 e. The van der Waals surface area contributed by atoms with Gasteiger partial charge in [-0.1, -0.05) is 6.08 Å². The van der Waals surface area contributed by atoms with Crippen molar-refractivity contribution in [3.05, 3.63) is 88.6 Å². The fourth-order valence-electron chi connectivity index (χ4n) is 6.19. The van der Waals surface area contributed by atoms with Crippen LogP contribution in [0.15, 0.2) is 60.1 Å². The maximum atomic E-state index is 13.3. The summed E-state index contributed by atoms with van der Waals surface area (Å²) in [6.07, 6.45) is 11.4. The number of fused-ring (bicyclic) bond motifs is 1. The van der Waals surface area contributed by atoms with Crippen LogP contribution in [0.5, 0.6) is 0 Å². The summed E-state index contributed by atoms with van der Waals surface area (Å²) in [4.78, 5) is 31.5. The van der Waals surface area contributed by atoms with Gasteiger partial charge in [-0.3, -0.25) is 14.4 Å². The lowest BCUT2D eigenvalue weighted by molar-refractivity contribution is -0.145. The molecule has 3 aliphatic rings. The zero-order valence-corrected chi connectivity index (χ0v) is 23.8. The second kappa shape index (κ2) is 11.8. The molecule has 1 saturated heterocycles. The Morgan fingerprint density at radius 3 is 2.75 bits per heavy atom. The van der Waals surface area contributed by atoms with Gasteiger partial charge in [-0.15, -0.1) is 0 Å². The minimum Gasteiger partial charge on any atom is -0.346 e. The lowest BCUT2D eigenvalue weighted by atomic mass is 9.71. The molecule has 0 spiro atoms. The summed E-state index contributed by atoms with van der Waals surface area (Å²) in [6, 6.07) is 5.55. The van der Waals surface area contributed by atoms with Gasteiger partial charge >= 0.3 is 6.18 Å². The number of rotatable bonds is 6. The zero-order chi connectivity index (χ0) is 30.9. The molecule has 14 heteroatoms. The Morgan fingerprint density at radius 1 is 1.23 bits per heavy atom. The number of piperazine rings is 1. The van der Waals surface area contributed by atoms with Gasteiger partial charge in [0.1, 0.15) is 11.2 Å². The van der Waals surface area contributed by atoms with Crippen LogP contribution in [0.4, 0.5) is 13.2 Å². The van der Waals surface area contributed by atoms with Gasteiger partial charge in [0.05, 0.1) is 23.5 Å². The molecule has 0 atom stereocenters. The van der Waals surface area contributed by atoms with E-state index in [4.69, 9.17) is 10.8 Å². The number of nitrogens with zero attached hydrogens (tertiary/aromatic N) is 8. The predicted molar refractivity (Wildman–Crippen MR) is 153 cm³/mol. The fourth-order valence-corrected chi connectivity index (χ4v) is 6.19. The van der Waals surface area contributed by atoms with Crippen LogP contribution >= 0.6 is 0 Å². The van der Waals surface area contributed by atoms with E-state index in [1.54, 1.807) is 0 Å². The first-order chi connectivity index (χ1) is 21.2. The van der Waals surface area contributed by atoms with Crippen LogP contribution in [0, 0.1) is 11.3 Å². The van der Waals surface area contributed by atoms with Crippen molar-refractivity contribution in [2.45, 2.75) is 50.0 Å². The van der Waals surface area contributed by atoms with Gasteiger partial charge in [0.25, 0.3) is 5.91 Å². The molecule has 3 N–H and O–H groups in total. The third kappa shape index (κ3) is 5.68. The van der Waals surface area contributed by atoms with Gasteiger partial charge in [0, 0.05) is 74.2 Å². The molecule has 6 rings (SSSR count). The zero-order valence-electron chi connectivity index (χ0n) is 23.8. The number of aromatic nitrogens is 5. The molecule has 11 nitrogen and oxygen atoms in total. The Hall–Kier alpha value is -4.61. The number of nitrogens with two attached hydrogens (primary N) is 1. The Labute approximate surface area is 250 Å². The maximum absolute atomic E-state index is 13.3. The molecule has 3 aromatic rings. The number of nitrogens with one attached hydrogen (secondary N) is 1. The van der Waals surface area contributed by atoms with Crippen LogP contribution in [0.3, 0.4) is 0 Å². The second-order valence-corrected chi connectivity index (χ2v) is 11.2. The molecule has 5 heterocycles. The molecule has 0 unspecified atom stereocenters. The molecule has 228 valence electrons. The molecule has 0 bridgehead atoms. The number of carbonyl (C=O) groups is 1. The summed E-state index contributed by atoms with van der Waals surface area (Å²) in [5, 5.41) is 15.1. The van der Waals surface area contributed by atoms with E-state index >= 15 is 0 Å². The largest absolute Gasteiger partial charge is 0.451 e. The number of nitriles is 1. The van der Waals surface area contributed by atoms with Crippen molar-refractivity contribution in [1.82, 2.24) is 34.5 Å². The highest BCUT2D eigenvalue weighted by molar-refractivity contribution is 5.92. The van der Waals surface area contributed by atoms with E-state index in [-0.39, 0.29) is 24.0 Å². The quantitative estimate of drug-likeness (QED) is 0.410. The molecule has 0 radical (unpaired) electrons. The third-order valence-corrected chi connectivity index (χ3v) is 8.53. The summed E-state index contributed by atoms with van der Waals surface area (Å²) in [5.41, 5.74) is 7.67. The van der Waals surface area contributed by atoms with Crippen molar-refractivity contribution in [3.8, 4) is 6.07 Å². The minimum absolute atomic E-state index is 0.0411. The van der Waals surface area contributed by atoms with Gasteiger partial charge in [-0.2, -0.15) is 23.5 Å². The normalized spacial score (nSPS) is 22.6. The molecule has 3 aromatic heterocycles. The van der Waals surface area contributed by atoms with Crippen LogP contribution < -0.4 is 16.4 Å². The van der Waals surface area contributed by atoms with Crippen LogP contribution in [0.1, 0.15) is 53.3 Å². The van der Waals surface area contributed by atoms with Crippen molar-refractivity contribution in [2.24, 2.45) is 10.7 Å². The average molecular weight is 605 g/mol. The number of aromatic amines is 1. The summed E-state index contributed by atoms with van der Waals surface area (Å²) >= 11 is 0. The summed E-state index contributed by atoms with van der Waals surface area (Å²) in [5.74, 6) is -1.94. The van der Waals surface area contributed by atoms with Gasteiger partial charge < -0.3 is 15.6 Å². The van der Waals surface area contributed by atoms with Gasteiger partial charge in [-0.05, 0) is 49.5 Å². The number of allylic oxidation sites excluding steroid dienone is 3. The molecule has 2 aliphatic heterocycles. The van der Waals surface area contributed by atoms with Crippen molar-refractivity contribution in [3.63, 3.8) is 0 Å². The topological polar surface area (TPSA) is 145 Å². The van der Waals surface area contributed by atoms with Gasteiger partial charge in [-0.25, -0.2) is 15.0 Å². The molecular weight excluding hydrogens is 573 g/mol. The second-order valence-electron chi connectivity index (χ2n) is 11.2. The fraction of sp³-hybridized carbons (Fsp3) is 0.400. The predicted octanol–water partition coefficient (Wildman–Crippen LogP) is 2.00. The first-order valence-corrected chi connectivity index (χ1v) is 14.4. The van der Waals surface area contributed by atoms with Crippen molar-refractivity contribution < 1.29 is 18.0 Å². The number of hydrogen-bond acceptors (Lipinski definition) is 8. The van der Waals surface area contributed by atoms with E-state index in [1.807, 2.05) is 47.7 Å². The highest BCUT2D eigenvalue weighted by Crippen LogP contribution is 2.44. The minimum atomic E-state index is -4.78. The van der Waals surface area contributed by atoms with Crippen LogP contribution in [-0.4, -0.2) is 72.7 Å². The summed E-state index contributed by atoms with van der Waals surface area (Å²) < 4.78 is 41.8. The molecule has 0 aromatic carbocycles. The SMILES string of the molecule is N#CC=CC1(n2cc(C3=c4cc[nH]c4=NC=CCC3)cn2)CC(N2CCN(C(=O)c3cc(CN)nc(C(F)(F)F)n3)CC2)C1. The maximum Gasteiger partial charge on any atom is 0.451 e. The first kappa shape index (κ1) is 29.5. The van der Waals surface area contributed by atoms with E-state index < -0.39 is 23.4 Å². The Balaban J connectivity index is 1.15. The number of carbonyl (C=O) groups excluding carboxylic acids is 1. The number of alkyl halides is 3. The number of halogens is 3. The lowest BCUT2D eigenvalue weighted by Crippen LogP contribution is -2.60. The van der Waals surface area contributed by atoms with Crippen LogP contribution in [0.2, 0.25) is 0 Å². The van der Waals surface area contributed by atoms with E-state index in [0.29, 0.717) is 26.2 Å². The highest BCUT2D eigenvalue weighted by atomic mass is 19.4. The molecule has 44 heavy (non-hydrogen) atoms. The Bertz CT molecular complexity index is 1770. The standard InChI is InChI=1S/C30H31F3N10O/c31-30(32,33)28-39-21(17-35)14-25(40-28)27(44)42-12-10-41(11-13-42)22-15-29(16-22,6-3-7-34)43-19-20(18-38-43)23-4-1-2-8-36-26-24(23)5-9-37-26/h2-3,5-6,8-9,14,18-19,22H,1,4,10-13,15-17,35H2,(H,36,37). The van der Waals surface area contributed by atoms with Crippen LogP contribution in [0.25, 0.3) is 5.57 Å². The van der Waals surface area contributed by atoms with Crippen molar-refractivity contribution in [2.75, 3.05) is 26.2 Å². The van der Waals surface area contributed by atoms with Crippen molar-refractivity contribution in [1.29, 1.82) is 5.26 Å². The number of amides is 1. The molecule has 1 amide bonds. The highest BCUT2D eigenvalue weighted by Gasteiger charge is 2.48. The van der Waals surface area contributed by atoms with E-state index in [0.717, 1.165) is 47.5 Å². The monoisotopic (exact) mass is 604 g/mol. The Morgan fingerprint density at radius 2 is 2.02 bits per heavy atom. The van der Waals surface area contributed by atoms with E-state index in [9.17, 15) is 23.2 Å². The summed E-state index contributed by atoms with van der Waals surface area (Å²) in [7, 11) is 0. The molecule has 1 saturated carbocycles. The van der Waals surface area contributed by atoms with E-state index in [1.165, 1.54) is 17.0 Å². The first-order valence-electron chi connectivity index (χ1n) is 14.4. The number of hydrogen-bond donors (Lipinski definition) is 2. The Kier molecular flexibility index (Phi) is 7.91. The van der Waals surface area contributed by atoms with Gasteiger partial charge in [0.15, 0.2) is 0 Å². The summed E-state index contributed by atoms with van der Waals surface area (Å²) in [6.45, 7) is 1.58.